The number of amides is 1. The summed E-state index contributed by atoms with van der Waals surface area (Å²) in [6.45, 7) is 5.19. The standard InChI is InChI=1S/C18H25NO5/c1-18(2)14(15(18)17(21)22)16(20)19-11-12-6-4-7-13(10-12)24-9-5-8-23-3/h4,6-7,10,14-15H,5,8-9,11H2,1-3H3,(H,19,20)(H,21,22)/t14-,15+/m0/s1. The van der Waals surface area contributed by atoms with Crippen LogP contribution in [0.1, 0.15) is 25.8 Å². The van der Waals surface area contributed by atoms with Gasteiger partial charge in [-0.15, -0.1) is 0 Å². The van der Waals surface area contributed by atoms with E-state index in [-0.39, 0.29) is 5.91 Å². The number of nitrogens with one attached hydrogen (secondary N) is 1. The molecule has 1 aliphatic carbocycles. The number of carbonyl (C=O) groups excluding carboxylic acids is 1. The summed E-state index contributed by atoms with van der Waals surface area (Å²) in [5.74, 6) is -1.45. The van der Waals surface area contributed by atoms with E-state index in [2.05, 4.69) is 5.32 Å². The molecule has 0 spiro atoms. The third-order valence-electron chi connectivity index (χ3n) is 4.50. The topological polar surface area (TPSA) is 84.9 Å². The highest BCUT2D eigenvalue weighted by atomic mass is 16.5. The molecule has 6 nitrogen and oxygen atoms in total. The summed E-state index contributed by atoms with van der Waals surface area (Å²) < 4.78 is 10.6. The lowest BCUT2D eigenvalue weighted by Gasteiger charge is -2.09. The van der Waals surface area contributed by atoms with Crippen LogP contribution in [-0.2, 0) is 20.9 Å². The maximum atomic E-state index is 12.2. The molecule has 2 N–H and O–H groups in total. The lowest BCUT2D eigenvalue weighted by atomic mass is 10.1. The SMILES string of the molecule is COCCCOc1cccc(CNC(=O)[C@@H]2[C@H](C(=O)O)C2(C)C)c1. The molecule has 0 unspecified atom stereocenters. The van der Waals surface area contributed by atoms with Gasteiger partial charge in [0.25, 0.3) is 0 Å². The van der Waals surface area contributed by atoms with Crippen molar-refractivity contribution in [2.24, 2.45) is 17.3 Å². The first-order chi connectivity index (χ1) is 11.4. The number of carboxylic acids is 1. The molecular formula is C18H25NO5. The van der Waals surface area contributed by atoms with E-state index >= 15 is 0 Å². The van der Waals surface area contributed by atoms with Gasteiger partial charge in [-0.25, -0.2) is 0 Å². The first-order valence-corrected chi connectivity index (χ1v) is 8.09. The Bertz CT molecular complexity index is 599. The summed E-state index contributed by atoms with van der Waals surface area (Å²) in [7, 11) is 1.65. The van der Waals surface area contributed by atoms with Crippen LogP contribution in [0.15, 0.2) is 24.3 Å². The number of ether oxygens (including phenoxy) is 2. The molecule has 1 aromatic rings. The van der Waals surface area contributed by atoms with Gasteiger partial charge in [0, 0.05) is 26.7 Å². The average molecular weight is 335 g/mol. The first kappa shape index (κ1) is 18.3. The van der Waals surface area contributed by atoms with Gasteiger partial charge in [-0.05, 0) is 23.1 Å². The molecule has 24 heavy (non-hydrogen) atoms. The van der Waals surface area contributed by atoms with E-state index in [1.165, 1.54) is 0 Å². The largest absolute Gasteiger partial charge is 0.493 e. The van der Waals surface area contributed by atoms with Crippen LogP contribution in [0.25, 0.3) is 0 Å². The summed E-state index contributed by atoms with van der Waals surface area (Å²) in [4.78, 5) is 23.4. The Morgan fingerprint density at radius 3 is 2.62 bits per heavy atom. The molecule has 1 fully saturated rings. The minimum atomic E-state index is -0.911. The van der Waals surface area contributed by atoms with Gasteiger partial charge in [0.2, 0.25) is 5.91 Å². The second-order valence-electron chi connectivity index (χ2n) is 6.67. The van der Waals surface area contributed by atoms with E-state index in [0.29, 0.717) is 19.8 Å². The van der Waals surface area contributed by atoms with E-state index in [9.17, 15) is 9.59 Å². The zero-order valence-electron chi connectivity index (χ0n) is 14.4. The maximum Gasteiger partial charge on any atom is 0.307 e. The maximum absolute atomic E-state index is 12.2. The Balaban J connectivity index is 1.84. The Morgan fingerprint density at radius 1 is 1.25 bits per heavy atom. The molecule has 0 bridgehead atoms. The summed E-state index contributed by atoms with van der Waals surface area (Å²) >= 11 is 0. The summed E-state index contributed by atoms with van der Waals surface area (Å²) in [5, 5.41) is 12.0. The van der Waals surface area contributed by atoms with Gasteiger partial charge < -0.3 is 19.9 Å². The second kappa shape index (κ2) is 7.66. The first-order valence-electron chi connectivity index (χ1n) is 8.09. The van der Waals surface area contributed by atoms with Crippen molar-refractivity contribution in [3.05, 3.63) is 29.8 Å². The molecule has 0 aliphatic heterocycles. The zero-order chi connectivity index (χ0) is 17.7. The molecule has 2 rings (SSSR count). The predicted molar refractivity (Wildman–Crippen MR) is 88.7 cm³/mol. The fraction of sp³-hybridized carbons (Fsp3) is 0.556. The van der Waals surface area contributed by atoms with Gasteiger partial charge in [-0.1, -0.05) is 26.0 Å². The van der Waals surface area contributed by atoms with Crippen molar-refractivity contribution in [1.82, 2.24) is 5.32 Å². The molecule has 1 saturated carbocycles. The van der Waals surface area contributed by atoms with Crippen LogP contribution < -0.4 is 10.1 Å². The van der Waals surface area contributed by atoms with Crippen LogP contribution in [0.4, 0.5) is 0 Å². The van der Waals surface area contributed by atoms with Crippen molar-refractivity contribution in [3.63, 3.8) is 0 Å². The lowest BCUT2D eigenvalue weighted by molar-refractivity contribution is -0.140. The molecule has 1 aromatic carbocycles. The Hall–Kier alpha value is -2.08. The van der Waals surface area contributed by atoms with E-state index < -0.39 is 23.2 Å². The molecule has 0 heterocycles. The van der Waals surface area contributed by atoms with Crippen LogP contribution in [0.5, 0.6) is 5.75 Å². The minimum absolute atomic E-state index is 0.209. The van der Waals surface area contributed by atoms with Crippen LogP contribution in [-0.4, -0.2) is 37.3 Å². The fourth-order valence-corrected chi connectivity index (χ4v) is 3.03. The van der Waals surface area contributed by atoms with E-state index in [4.69, 9.17) is 14.6 Å². The van der Waals surface area contributed by atoms with Crippen LogP contribution in [0, 0.1) is 17.3 Å². The Labute approximate surface area is 142 Å². The average Bonchev–Trinajstić information content (AvgIpc) is 3.13. The number of benzene rings is 1. The Kier molecular flexibility index (Phi) is 5.83. The molecule has 0 aromatic heterocycles. The smallest absolute Gasteiger partial charge is 0.307 e. The summed E-state index contributed by atoms with van der Waals surface area (Å²) in [6, 6.07) is 7.51. The summed E-state index contributed by atoms with van der Waals surface area (Å²) in [6.07, 6.45) is 0.810. The van der Waals surface area contributed by atoms with E-state index in [0.717, 1.165) is 17.7 Å². The molecule has 0 radical (unpaired) electrons. The van der Waals surface area contributed by atoms with Crippen molar-refractivity contribution < 1.29 is 24.2 Å². The van der Waals surface area contributed by atoms with Gasteiger partial charge in [0.1, 0.15) is 5.75 Å². The number of hydrogen-bond donors (Lipinski definition) is 2. The van der Waals surface area contributed by atoms with Crippen molar-refractivity contribution in [2.75, 3.05) is 20.3 Å². The second-order valence-corrected chi connectivity index (χ2v) is 6.67. The van der Waals surface area contributed by atoms with Crippen LogP contribution in [0.2, 0.25) is 0 Å². The van der Waals surface area contributed by atoms with Gasteiger partial charge in [-0.2, -0.15) is 0 Å². The molecule has 6 heteroatoms. The summed E-state index contributed by atoms with van der Waals surface area (Å²) in [5.41, 5.74) is 0.431. The number of hydrogen-bond acceptors (Lipinski definition) is 4. The van der Waals surface area contributed by atoms with Gasteiger partial charge in [0.05, 0.1) is 18.4 Å². The number of carboxylic acid groups (broad SMARTS) is 1. The van der Waals surface area contributed by atoms with Gasteiger partial charge >= 0.3 is 5.97 Å². The number of methoxy groups -OCH3 is 1. The van der Waals surface area contributed by atoms with Crippen molar-refractivity contribution >= 4 is 11.9 Å². The van der Waals surface area contributed by atoms with E-state index in [1.54, 1.807) is 7.11 Å². The van der Waals surface area contributed by atoms with Crippen LogP contribution in [0.3, 0.4) is 0 Å². The van der Waals surface area contributed by atoms with Crippen molar-refractivity contribution in [3.8, 4) is 5.75 Å². The zero-order valence-corrected chi connectivity index (χ0v) is 14.4. The van der Waals surface area contributed by atoms with Crippen LogP contribution >= 0.6 is 0 Å². The van der Waals surface area contributed by atoms with Crippen molar-refractivity contribution in [1.29, 1.82) is 0 Å². The highest BCUT2D eigenvalue weighted by Gasteiger charge is 2.65. The highest BCUT2D eigenvalue weighted by Crippen LogP contribution is 2.58. The minimum Gasteiger partial charge on any atom is -0.493 e. The highest BCUT2D eigenvalue weighted by molar-refractivity contribution is 5.91. The quantitative estimate of drug-likeness (QED) is 0.675. The molecule has 1 aliphatic rings. The Morgan fingerprint density at radius 2 is 2.00 bits per heavy atom. The molecule has 0 saturated heterocycles. The molecule has 132 valence electrons. The lowest BCUT2D eigenvalue weighted by Crippen LogP contribution is -2.26. The number of rotatable bonds is 9. The normalized spacial score (nSPS) is 21.1. The van der Waals surface area contributed by atoms with Gasteiger partial charge in [0.15, 0.2) is 0 Å². The van der Waals surface area contributed by atoms with Gasteiger partial charge in [-0.3, -0.25) is 9.59 Å². The molecular weight excluding hydrogens is 310 g/mol. The third-order valence-corrected chi connectivity index (χ3v) is 4.50. The molecule has 2 atom stereocenters. The monoisotopic (exact) mass is 335 g/mol. The third kappa shape index (κ3) is 4.26. The molecule has 1 amide bonds. The van der Waals surface area contributed by atoms with Crippen molar-refractivity contribution in [2.45, 2.75) is 26.8 Å². The number of aliphatic carboxylic acids is 1. The van der Waals surface area contributed by atoms with E-state index in [1.807, 2.05) is 38.1 Å². The predicted octanol–water partition coefficient (Wildman–Crippen LogP) is 2.07. The fourth-order valence-electron chi connectivity index (χ4n) is 3.03. The number of carbonyl (C=O) groups is 2.